The lowest BCUT2D eigenvalue weighted by atomic mass is 10.1. The molecule has 0 radical (unpaired) electrons. The summed E-state index contributed by atoms with van der Waals surface area (Å²) in [6.45, 7) is 0. The van der Waals surface area contributed by atoms with E-state index in [0.29, 0.717) is 10.6 Å². The molecule has 3 aromatic carbocycles. The number of hydrogen-bond donors (Lipinski definition) is 1. The van der Waals surface area contributed by atoms with Crippen molar-refractivity contribution in [1.29, 1.82) is 0 Å². The topological polar surface area (TPSA) is 60.2 Å². The first-order valence-electron chi connectivity index (χ1n) is 6.61. The first kappa shape index (κ1) is 13.6. The molecule has 0 atom stereocenters. The smallest absolute Gasteiger partial charge is 0.182 e. The third-order valence-corrected chi connectivity index (χ3v) is 5.10. The maximum absolute atomic E-state index is 12.5. The van der Waals surface area contributed by atoms with Gasteiger partial charge in [-0.05, 0) is 40.6 Å². The van der Waals surface area contributed by atoms with Gasteiger partial charge in [0.15, 0.2) is 9.84 Å². The van der Waals surface area contributed by atoms with Crippen molar-refractivity contribution < 1.29 is 8.42 Å². The van der Waals surface area contributed by atoms with E-state index in [1.54, 1.807) is 36.4 Å². The first-order chi connectivity index (χ1) is 10.0. The van der Waals surface area contributed by atoms with Crippen LogP contribution in [0.1, 0.15) is 5.56 Å². The van der Waals surface area contributed by atoms with Crippen LogP contribution in [-0.4, -0.2) is 8.42 Å². The Hall–Kier alpha value is -2.33. The van der Waals surface area contributed by atoms with Crippen molar-refractivity contribution >= 4 is 26.3 Å². The minimum atomic E-state index is -3.36. The van der Waals surface area contributed by atoms with E-state index in [0.717, 1.165) is 16.3 Å². The number of nitrogens with two attached hydrogens (primary N) is 1. The van der Waals surface area contributed by atoms with Crippen LogP contribution in [0.2, 0.25) is 0 Å². The van der Waals surface area contributed by atoms with E-state index in [-0.39, 0.29) is 5.75 Å². The molecule has 21 heavy (non-hydrogen) atoms. The normalized spacial score (nSPS) is 11.6. The second kappa shape index (κ2) is 5.22. The number of sulfone groups is 1. The molecule has 0 saturated carbocycles. The summed E-state index contributed by atoms with van der Waals surface area (Å²) < 4.78 is 25.0. The van der Waals surface area contributed by atoms with Crippen LogP contribution in [0.3, 0.4) is 0 Å². The molecule has 0 aliphatic heterocycles. The van der Waals surface area contributed by atoms with Crippen LogP contribution in [0.5, 0.6) is 0 Å². The number of fused-ring (bicyclic) bond motifs is 1. The van der Waals surface area contributed by atoms with Gasteiger partial charge in [0.2, 0.25) is 0 Å². The van der Waals surface area contributed by atoms with Crippen molar-refractivity contribution in [2.24, 2.45) is 0 Å². The molecule has 0 amide bonds. The fourth-order valence-corrected chi connectivity index (χ4v) is 3.66. The first-order valence-corrected chi connectivity index (χ1v) is 8.26. The highest BCUT2D eigenvalue weighted by Gasteiger charge is 2.15. The fraction of sp³-hybridized carbons (Fsp3) is 0.0588. The number of benzene rings is 3. The van der Waals surface area contributed by atoms with E-state index >= 15 is 0 Å². The molecule has 0 spiro atoms. The van der Waals surface area contributed by atoms with Crippen molar-refractivity contribution in [2.75, 3.05) is 5.73 Å². The Bertz CT molecular complexity index is 884. The van der Waals surface area contributed by atoms with E-state index in [4.69, 9.17) is 5.73 Å². The van der Waals surface area contributed by atoms with Crippen LogP contribution in [0.4, 0.5) is 5.69 Å². The number of hydrogen-bond acceptors (Lipinski definition) is 3. The van der Waals surface area contributed by atoms with Gasteiger partial charge in [-0.15, -0.1) is 0 Å². The maximum Gasteiger partial charge on any atom is 0.182 e. The summed E-state index contributed by atoms with van der Waals surface area (Å²) >= 11 is 0. The minimum absolute atomic E-state index is 0.0222. The van der Waals surface area contributed by atoms with Crippen LogP contribution in [0, 0.1) is 0 Å². The molecular weight excluding hydrogens is 282 g/mol. The molecule has 0 aromatic heterocycles. The molecule has 3 nitrogen and oxygen atoms in total. The predicted molar refractivity (Wildman–Crippen MR) is 85.7 cm³/mol. The van der Waals surface area contributed by atoms with Crippen molar-refractivity contribution in [3.63, 3.8) is 0 Å². The Kier molecular flexibility index (Phi) is 3.39. The van der Waals surface area contributed by atoms with Gasteiger partial charge in [-0.3, -0.25) is 0 Å². The van der Waals surface area contributed by atoms with E-state index < -0.39 is 9.84 Å². The number of anilines is 1. The number of nitrogen functional groups attached to an aromatic ring is 1. The molecule has 0 heterocycles. The van der Waals surface area contributed by atoms with Crippen LogP contribution >= 0.6 is 0 Å². The summed E-state index contributed by atoms with van der Waals surface area (Å²) in [4.78, 5) is 0.345. The average molecular weight is 297 g/mol. The van der Waals surface area contributed by atoms with Crippen molar-refractivity contribution in [2.45, 2.75) is 10.6 Å². The minimum Gasteiger partial charge on any atom is -0.399 e. The second-order valence-electron chi connectivity index (χ2n) is 5.01. The second-order valence-corrected chi connectivity index (χ2v) is 7.00. The summed E-state index contributed by atoms with van der Waals surface area (Å²) in [5, 5.41) is 1.96. The van der Waals surface area contributed by atoms with Gasteiger partial charge in [-0.25, -0.2) is 8.42 Å². The molecule has 0 bridgehead atoms. The van der Waals surface area contributed by atoms with E-state index in [9.17, 15) is 8.42 Å². The molecule has 106 valence electrons. The van der Waals surface area contributed by atoms with Crippen molar-refractivity contribution in [3.05, 3.63) is 72.3 Å². The molecule has 0 aliphatic carbocycles. The summed E-state index contributed by atoms with van der Waals surface area (Å²) in [7, 11) is -3.36. The molecule has 0 unspecified atom stereocenters. The third kappa shape index (κ3) is 2.90. The van der Waals surface area contributed by atoms with Crippen molar-refractivity contribution in [1.82, 2.24) is 0 Å². The highest BCUT2D eigenvalue weighted by molar-refractivity contribution is 7.90. The highest BCUT2D eigenvalue weighted by Crippen LogP contribution is 2.22. The predicted octanol–water partition coefficient (Wildman–Crippen LogP) is 3.40. The van der Waals surface area contributed by atoms with Gasteiger partial charge in [-0.2, -0.15) is 0 Å². The lowest BCUT2D eigenvalue weighted by molar-refractivity contribution is 0.595. The number of rotatable bonds is 3. The lowest BCUT2D eigenvalue weighted by Gasteiger charge is -2.06. The molecule has 0 aliphatic rings. The van der Waals surface area contributed by atoms with E-state index in [1.165, 1.54) is 0 Å². The SMILES string of the molecule is Nc1ccc(CS(=O)(=O)c2ccc3ccccc3c2)cc1. The summed E-state index contributed by atoms with van der Waals surface area (Å²) in [6.07, 6.45) is 0. The zero-order chi connectivity index (χ0) is 14.9. The fourth-order valence-electron chi connectivity index (χ4n) is 2.28. The van der Waals surface area contributed by atoms with Gasteiger partial charge >= 0.3 is 0 Å². The van der Waals surface area contributed by atoms with Crippen LogP contribution < -0.4 is 5.73 Å². The molecule has 0 saturated heterocycles. The zero-order valence-corrected chi connectivity index (χ0v) is 12.2. The van der Waals surface area contributed by atoms with Crippen LogP contribution in [0.15, 0.2) is 71.6 Å². The van der Waals surface area contributed by atoms with Gasteiger partial charge in [0.25, 0.3) is 0 Å². The van der Waals surface area contributed by atoms with Gasteiger partial charge in [0.1, 0.15) is 0 Å². The third-order valence-electron chi connectivity index (χ3n) is 3.42. The van der Waals surface area contributed by atoms with Gasteiger partial charge < -0.3 is 5.73 Å². The molecule has 3 rings (SSSR count). The standard InChI is InChI=1S/C17H15NO2S/c18-16-8-5-13(6-9-16)12-21(19,20)17-10-7-14-3-1-2-4-15(14)11-17/h1-11H,12,18H2. The molecular formula is C17H15NO2S. The van der Waals surface area contributed by atoms with E-state index in [2.05, 4.69) is 0 Å². The molecule has 0 fully saturated rings. The van der Waals surface area contributed by atoms with Gasteiger partial charge in [0.05, 0.1) is 10.6 Å². The van der Waals surface area contributed by atoms with Crippen molar-refractivity contribution in [3.8, 4) is 0 Å². The highest BCUT2D eigenvalue weighted by atomic mass is 32.2. The van der Waals surface area contributed by atoms with Crippen LogP contribution in [-0.2, 0) is 15.6 Å². The largest absolute Gasteiger partial charge is 0.399 e. The molecule has 2 N–H and O–H groups in total. The lowest BCUT2D eigenvalue weighted by Crippen LogP contribution is -2.05. The molecule has 4 heteroatoms. The molecule has 3 aromatic rings. The Labute approximate surface area is 124 Å². The zero-order valence-electron chi connectivity index (χ0n) is 11.4. The Morgan fingerprint density at radius 3 is 2.19 bits per heavy atom. The van der Waals surface area contributed by atoms with Crippen LogP contribution in [0.25, 0.3) is 10.8 Å². The Balaban J connectivity index is 1.97. The maximum atomic E-state index is 12.5. The monoisotopic (exact) mass is 297 g/mol. The summed E-state index contributed by atoms with van der Waals surface area (Å²) in [5.74, 6) is -0.0222. The average Bonchev–Trinajstić information content (AvgIpc) is 2.49. The summed E-state index contributed by atoms with van der Waals surface area (Å²) in [6, 6.07) is 19.9. The Morgan fingerprint density at radius 2 is 1.48 bits per heavy atom. The Morgan fingerprint density at radius 1 is 0.810 bits per heavy atom. The quantitative estimate of drug-likeness (QED) is 0.754. The van der Waals surface area contributed by atoms with Gasteiger partial charge in [0, 0.05) is 5.69 Å². The van der Waals surface area contributed by atoms with E-state index in [1.807, 2.05) is 30.3 Å². The van der Waals surface area contributed by atoms with Gasteiger partial charge in [-0.1, -0.05) is 42.5 Å². The summed E-state index contributed by atoms with van der Waals surface area (Å²) in [5.41, 5.74) is 6.97.